The maximum absolute atomic E-state index is 13.1. The number of esters is 4. The third kappa shape index (κ3) is 77.5. The SMILES string of the molecule is CCCCCC/C=C\C=C/CCCCCCCC(=O)O[C@H](COC(=O)CCCCCCCCC)COP(=O)(O)OC[C@H](O)COP(=O)(O)OC[C@@H](COC(=O)CCCCCCCCCCCCCCCCCCC(C)C)OC(=O)CCCCCCCCCCCCCCCCCCCCCCCC. The van der Waals surface area contributed by atoms with Crippen molar-refractivity contribution in [2.45, 2.75) is 445 Å². The predicted molar refractivity (Wildman–Crippen MR) is 423 cm³/mol. The summed E-state index contributed by atoms with van der Waals surface area (Å²) in [5.41, 5.74) is 0. The molecule has 0 aliphatic heterocycles. The van der Waals surface area contributed by atoms with E-state index in [1.807, 2.05) is 0 Å². The van der Waals surface area contributed by atoms with E-state index in [0.29, 0.717) is 25.7 Å². The molecule has 0 aromatic carbocycles. The van der Waals surface area contributed by atoms with Gasteiger partial charge < -0.3 is 33.8 Å². The summed E-state index contributed by atoms with van der Waals surface area (Å²) in [6.07, 6.45) is 71.9. The van der Waals surface area contributed by atoms with Crippen LogP contribution in [0.2, 0.25) is 0 Å². The van der Waals surface area contributed by atoms with E-state index in [1.54, 1.807) is 0 Å². The molecule has 0 spiro atoms. The molecule has 0 aromatic rings. The Bertz CT molecular complexity index is 2060. The monoisotopic (exact) mass is 1500 g/mol. The van der Waals surface area contributed by atoms with Crippen LogP contribution in [-0.4, -0.2) is 96.7 Å². The molecule has 5 atom stereocenters. The Labute approximate surface area is 631 Å². The number of aliphatic hydroxyl groups is 1. The van der Waals surface area contributed by atoms with E-state index in [-0.39, 0.29) is 25.7 Å². The summed E-state index contributed by atoms with van der Waals surface area (Å²) in [7, 11) is -9.93. The van der Waals surface area contributed by atoms with Gasteiger partial charge >= 0.3 is 39.5 Å². The lowest BCUT2D eigenvalue weighted by molar-refractivity contribution is -0.161. The van der Waals surface area contributed by atoms with Crippen LogP contribution < -0.4 is 0 Å². The van der Waals surface area contributed by atoms with Crippen LogP contribution in [0.15, 0.2) is 24.3 Å². The molecule has 0 bridgehead atoms. The van der Waals surface area contributed by atoms with Crippen molar-refractivity contribution in [3.8, 4) is 0 Å². The van der Waals surface area contributed by atoms with E-state index >= 15 is 0 Å². The van der Waals surface area contributed by atoms with E-state index in [9.17, 15) is 43.2 Å². The van der Waals surface area contributed by atoms with Gasteiger partial charge in [0.2, 0.25) is 0 Å². The normalized spacial score (nSPS) is 14.0. The zero-order chi connectivity index (χ0) is 75.5. The molecule has 0 fully saturated rings. The molecule has 0 aliphatic rings. The van der Waals surface area contributed by atoms with Gasteiger partial charge in [-0.25, -0.2) is 9.13 Å². The van der Waals surface area contributed by atoms with E-state index in [0.717, 1.165) is 121 Å². The molecular formula is C84H160O17P2. The van der Waals surface area contributed by atoms with Crippen LogP contribution in [0, 0.1) is 5.92 Å². The van der Waals surface area contributed by atoms with E-state index in [2.05, 4.69) is 58.9 Å². The van der Waals surface area contributed by atoms with Crippen LogP contribution >= 0.6 is 15.6 Å². The van der Waals surface area contributed by atoms with Gasteiger partial charge in [0.15, 0.2) is 12.2 Å². The smallest absolute Gasteiger partial charge is 0.462 e. The number of carbonyl (C=O) groups excluding carboxylic acids is 4. The summed E-state index contributed by atoms with van der Waals surface area (Å²) in [6, 6.07) is 0. The second-order valence-corrected chi connectivity index (χ2v) is 32.9. The molecule has 0 radical (unpaired) electrons. The Kier molecular flexibility index (Phi) is 74.5. The van der Waals surface area contributed by atoms with Gasteiger partial charge in [0, 0.05) is 25.7 Å². The zero-order valence-electron chi connectivity index (χ0n) is 66.9. The molecule has 0 rings (SSSR count). The number of phosphoric ester groups is 2. The number of aliphatic hydroxyl groups excluding tert-OH is 1. The lowest BCUT2D eigenvalue weighted by Crippen LogP contribution is -2.30. The van der Waals surface area contributed by atoms with Crippen LogP contribution in [0.5, 0.6) is 0 Å². The highest BCUT2D eigenvalue weighted by Crippen LogP contribution is 2.45. The maximum atomic E-state index is 13.1. The lowest BCUT2D eigenvalue weighted by Gasteiger charge is -2.21. The van der Waals surface area contributed by atoms with Crippen molar-refractivity contribution in [2.24, 2.45) is 5.92 Å². The number of hydrogen-bond donors (Lipinski definition) is 3. The number of phosphoric acid groups is 2. The average Bonchev–Trinajstić information content (AvgIpc) is 0.960. The summed E-state index contributed by atoms with van der Waals surface area (Å²) in [4.78, 5) is 72.9. The highest BCUT2D eigenvalue weighted by molar-refractivity contribution is 7.47. The first-order valence-electron chi connectivity index (χ1n) is 43.0. The van der Waals surface area contributed by atoms with Crippen molar-refractivity contribution >= 4 is 39.5 Å². The minimum atomic E-state index is -4.97. The van der Waals surface area contributed by atoms with Gasteiger partial charge in [0.05, 0.1) is 26.4 Å². The van der Waals surface area contributed by atoms with Crippen LogP contribution in [-0.2, 0) is 65.4 Å². The van der Waals surface area contributed by atoms with Crippen LogP contribution in [0.4, 0.5) is 0 Å². The highest BCUT2D eigenvalue weighted by atomic mass is 31.2. The van der Waals surface area contributed by atoms with Gasteiger partial charge in [0.1, 0.15) is 19.3 Å². The van der Waals surface area contributed by atoms with Gasteiger partial charge in [0.25, 0.3) is 0 Å². The molecule has 608 valence electrons. The van der Waals surface area contributed by atoms with Crippen LogP contribution in [0.25, 0.3) is 0 Å². The van der Waals surface area contributed by atoms with Crippen LogP contribution in [0.1, 0.15) is 426 Å². The van der Waals surface area contributed by atoms with Crippen LogP contribution in [0.3, 0.4) is 0 Å². The number of allylic oxidation sites excluding steroid dienone is 4. The van der Waals surface area contributed by atoms with Gasteiger partial charge in [-0.3, -0.25) is 37.3 Å². The fourth-order valence-corrected chi connectivity index (χ4v) is 14.2. The molecule has 2 unspecified atom stereocenters. The molecule has 0 amide bonds. The van der Waals surface area contributed by atoms with E-state index < -0.39 is 97.5 Å². The van der Waals surface area contributed by atoms with E-state index in [1.165, 1.54) is 225 Å². The first-order chi connectivity index (χ1) is 50.0. The van der Waals surface area contributed by atoms with Crippen molar-refractivity contribution in [3.05, 3.63) is 24.3 Å². The minimum Gasteiger partial charge on any atom is -0.462 e. The number of unbranched alkanes of at least 4 members (excludes halogenated alkanes) is 51. The minimum absolute atomic E-state index is 0.0851. The van der Waals surface area contributed by atoms with E-state index in [4.69, 9.17) is 37.0 Å². The molecule has 0 saturated carbocycles. The first kappa shape index (κ1) is 101. The third-order valence-corrected chi connectivity index (χ3v) is 21.1. The fourth-order valence-electron chi connectivity index (χ4n) is 12.6. The largest absolute Gasteiger partial charge is 0.472 e. The Morgan fingerprint density at radius 3 is 0.796 bits per heavy atom. The maximum Gasteiger partial charge on any atom is 0.472 e. The standard InChI is InChI=1S/C84H160O17P2/c1-6-9-12-15-18-20-22-24-26-27-28-29-30-31-32-38-42-46-50-55-60-65-70-84(89)101-80(74-95-82(87)68-63-58-53-48-44-40-37-34-33-36-39-43-47-52-56-61-66-77(4)5)76-99-103(92,93)97-72-78(85)71-96-102(90,91)98-75-79(73-94-81(86)67-62-57-51-17-14-11-8-3)100-83(88)69-64-59-54-49-45-41-35-25-23-21-19-16-13-10-7-2/h21,23,25,35,77-80,85H,6-20,22,24,26-34,36-76H2,1-5H3,(H,90,91)(H,92,93)/b23-21-,35-25-/t78-,79+,80+/m0/s1. The fraction of sp³-hybridized carbons (Fsp3) is 0.905. The van der Waals surface area contributed by atoms with Crippen molar-refractivity contribution < 1.29 is 80.2 Å². The quantitative estimate of drug-likeness (QED) is 0.0169. The Morgan fingerprint density at radius 2 is 0.524 bits per heavy atom. The molecule has 19 heteroatoms. The number of ether oxygens (including phenoxy) is 4. The molecule has 3 N–H and O–H groups in total. The highest BCUT2D eigenvalue weighted by Gasteiger charge is 2.30. The number of hydrogen-bond acceptors (Lipinski definition) is 15. The summed E-state index contributed by atoms with van der Waals surface area (Å²) < 4.78 is 68.6. The molecular weight excluding hydrogens is 1340 g/mol. The predicted octanol–water partition coefficient (Wildman–Crippen LogP) is 25.1. The molecule has 0 aromatic heterocycles. The van der Waals surface area contributed by atoms with Crippen molar-refractivity contribution in [1.82, 2.24) is 0 Å². The topological polar surface area (TPSA) is 237 Å². The summed E-state index contributed by atoms with van der Waals surface area (Å²) in [6.45, 7) is 7.26. The molecule has 0 aliphatic carbocycles. The molecule has 0 saturated heterocycles. The van der Waals surface area contributed by atoms with Crippen molar-refractivity contribution in [1.29, 1.82) is 0 Å². The number of carbonyl (C=O) groups is 4. The summed E-state index contributed by atoms with van der Waals surface area (Å²) in [5.74, 6) is -1.33. The second kappa shape index (κ2) is 76.3. The van der Waals surface area contributed by atoms with Crippen molar-refractivity contribution in [3.63, 3.8) is 0 Å². The van der Waals surface area contributed by atoms with Gasteiger partial charge in [-0.05, 0) is 57.3 Å². The summed E-state index contributed by atoms with van der Waals surface area (Å²) in [5, 5.41) is 10.6. The van der Waals surface area contributed by atoms with Gasteiger partial charge in [-0.2, -0.15) is 0 Å². The third-order valence-electron chi connectivity index (χ3n) is 19.2. The van der Waals surface area contributed by atoms with Gasteiger partial charge in [-0.1, -0.05) is 374 Å². The van der Waals surface area contributed by atoms with Gasteiger partial charge in [-0.15, -0.1) is 0 Å². The van der Waals surface area contributed by atoms with Crippen molar-refractivity contribution in [2.75, 3.05) is 39.6 Å². The average molecular weight is 1500 g/mol. The molecule has 103 heavy (non-hydrogen) atoms. The Morgan fingerprint density at radius 1 is 0.301 bits per heavy atom. The Balaban J connectivity index is 5.19. The lowest BCUT2D eigenvalue weighted by atomic mass is 10.0. The number of rotatable bonds is 82. The second-order valence-electron chi connectivity index (χ2n) is 30.0. The Hall–Kier alpha value is -2.46. The molecule has 0 heterocycles. The first-order valence-corrected chi connectivity index (χ1v) is 45.9. The summed E-state index contributed by atoms with van der Waals surface area (Å²) >= 11 is 0. The molecule has 17 nitrogen and oxygen atoms in total. The zero-order valence-corrected chi connectivity index (χ0v) is 68.7.